The predicted octanol–water partition coefficient (Wildman–Crippen LogP) is 5.17. The van der Waals surface area contributed by atoms with E-state index in [-0.39, 0.29) is 0 Å². The van der Waals surface area contributed by atoms with E-state index < -0.39 is 51.3 Å². The smallest absolute Gasteiger partial charge is 0.338 e. The third-order valence-corrected chi connectivity index (χ3v) is 9.50. The van der Waals surface area contributed by atoms with Crippen LogP contribution in [0.15, 0.2) is 72.8 Å². The standard InChI is InChI=1S/C31H26Cl2N2O5/c1-3-16-40-29(39)18-12-14-19(15-13-18)34-26(36)17(2)35-27(37)24-25(28(35)38)31(33)21-9-5-4-8-20(21)30(24,32)22-10-6-7-11-23(22)31/h4-15,17,24-25H,3,16H2,1-2H3,(H,34,36)/t17-,24+,25+,30?,31?/m0/s1. The third-order valence-electron chi connectivity index (χ3n) is 8.21. The Bertz CT molecular complexity index is 1450. The molecule has 0 saturated carbocycles. The van der Waals surface area contributed by atoms with Gasteiger partial charge in [0.1, 0.15) is 15.8 Å². The molecule has 0 radical (unpaired) electrons. The number of hydrogen-bond donors (Lipinski definition) is 1. The lowest BCUT2D eigenvalue weighted by molar-refractivity contribution is -0.146. The highest BCUT2D eigenvalue weighted by Gasteiger charge is 2.73. The lowest BCUT2D eigenvalue weighted by Gasteiger charge is -2.54. The molecule has 0 spiro atoms. The fourth-order valence-electron chi connectivity index (χ4n) is 6.40. The minimum atomic E-state index is -1.31. The van der Waals surface area contributed by atoms with Gasteiger partial charge in [-0.2, -0.15) is 0 Å². The lowest BCUT2D eigenvalue weighted by atomic mass is 9.54. The predicted molar refractivity (Wildman–Crippen MR) is 150 cm³/mol. The second-order valence-corrected chi connectivity index (χ2v) is 11.6. The van der Waals surface area contributed by atoms with Crippen molar-refractivity contribution in [1.82, 2.24) is 4.90 Å². The first-order valence-electron chi connectivity index (χ1n) is 13.2. The van der Waals surface area contributed by atoms with Crippen LogP contribution in [0.4, 0.5) is 5.69 Å². The van der Waals surface area contributed by atoms with Crippen LogP contribution < -0.4 is 5.32 Å². The molecule has 2 bridgehead atoms. The number of hydrogen-bond acceptors (Lipinski definition) is 5. The highest BCUT2D eigenvalue weighted by atomic mass is 35.5. The lowest BCUT2D eigenvalue weighted by Crippen LogP contribution is -2.57. The van der Waals surface area contributed by atoms with Gasteiger partial charge in [-0.1, -0.05) is 55.5 Å². The molecule has 1 fully saturated rings. The molecule has 1 N–H and O–H groups in total. The van der Waals surface area contributed by atoms with E-state index in [0.717, 1.165) is 4.90 Å². The van der Waals surface area contributed by atoms with Crippen LogP contribution in [0.1, 0.15) is 52.9 Å². The van der Waals surface area contributed by atoms with Crippen LogP contribution in [0, 0.1) is 11.8 Å². The SMILES string of the molecule is CCCOC(=O)c1ccc(NC(=O)[C@H](C)N2C(=O)[C@H]3[C@H](C2=O)C2(Cl)c4ccccc4C3(Cl)c3ccccc32)cc1. The van der Waals surface area contributed by atoms with Crippen molar-refractivity contribution in [2.45, 2.75) is 36.1 Å². The average Bonchev–Trinajstić information content (AvgIpc) is 3.25. The number of anilines is 1. The van der Waals surface area contributed by atoms with Crippen LogP contribution in [-0.2, 0) is 28.9 Å². The van der Waals surface area contributed by atoms with Gasteiger partial charge in [-0.25, -0.2) is 4.79 Å². The second-order valence-electron chi connectivity index (χ2n) is 10.4. The molecule has 3 aromatic rings. The van der Waals surface area contributed by atoms with E-state index in [4.69, 9.17) is 27.9 Å². The molecule has 3 aromatic carbocycles. The van der Waals surface area contributed by atoms with Crippen LogP contribution in [0.2, 0.25) is 0 Å². The van der Waals surface area contributed by atoms with Crippen molar-refractivity contribution in [2.75, 3.05) is 11.9 Å². The van der Waals surface area contributed by atoms with Gasteiger partial charge in [-0.15, -0.1) is 23.2 Å². The fourth-order valence-corrected chi connectivity index (χ4v) is 7.50. The number of imide groups is 1. The van der Waals surface area contributed by atoms with E-state index in [1.165, 1.54) is 6.92 Å². The molecular formula is C31H26Cl2N2O5. The topological polar surface area (TPSA) is 92.8 Å². The number of likely N-dealkylation sites (tertiary alicyclic amines) is 1. The Morgan fingerprint density at radius 2 is 1.30 bits per heavy atom. The summed E-state index contributed by atoms with van der Waals surface area (Å²) < 4.78 is 5.13. The maximum atomic E-state index is 14.0. The number of carbonyl (C=O) groups is 4. The summed E-state index contributed by atoms with van der Waals surface area (Å²) in [5.74, 6) is -4.03. The number of rotatable bonds is 6. The number of nitrogens with zero attached hydrogens (tertiary/aromatic N) is 1. The van der Waals surface area contributed by atoms with Crippen LogP contribution in [0.5, 0.6) is 0 Å². The van der Waals surface area contributed by atoms with E-state index >= 15 is 0 Å². The number of amides is 3. The number of carbonyl (C=O) groups excluding carboxylic acids is 4. The summed E-state index contributed by atoms with van der Waals surface area (Å²) in [7, 11) is 0. The number of esters is 1. The Labute approximate surface area is 241 Å². The molecular weight excluding hydrogens is 551 g/mol. The maximum absolute atomic E-state index is 14.0. The number of alkyl halides is 2. The highest BCUT2D eigenvalue weighted by Crippen LogP contribution is 2.69. The molecule has 0 unspecified atom stereocenters. The van der Waals surface area contributed by atoms with E-state index in [0.29, 0.717) is 46.5 Å². The molecule has 9 heteroatoms. The van der Waals surface area contributed by atoms with Crippen molar-refractivity contribution in [3.05, 3.63) is 101 Å². The van der Waals surface area contributed by atoms with Gasteiger partial charge in [-0.3, -0.25) is 19.3 Å². The van der Waals surface area contributed by atoms with Gasteiger partial charge in [0.05, 0.1) is 24.0 Å². The zero-order valence-corrected chi connectivity index (χ0v) is 23.3. The minimum Gasteiger partial charge on any atom is -0.462 e. The summed E-state index contributed by atoms with van der Waals surface area (Å²) >= 11 is 14.9. The van der Waals surface area contributed by atoms with Gasteiger partial charge < -0.3 is 10.1 Å². The van der Waals surface area contributed by atoms with Gasteiger partial charge in [0.25, 0.3) is 0 Å². The number of benzene rings is 3. The zero-order chi connectivity index (χ0) is 28.4. The fraction of sp³-hybridized carbons (Fsp3) is 0.290. The zero-order valence-electron chi connectivity index (χ0n) is 21.8. The first kappa shape index (κ1) is 26.5. The Morgan fingerprint density at radius 1 is 0.850 bits per heavy atom. The molecule has 1 heterocycles. The molecule has 1 saturated heterocycles. The summed E-state index contributed by atoms with van der Waals surface area (Å²) in [4.78, 5) is 51.9. The van der Waals surface area contributed by atoms with E-state index in [9.17, 15) is 19.2 Å². The van der Waals surface area contributed by atoms with Crippen molar-refractivity contribution < 1.29 is 23.9 Å². The van der Waals surface area contributed by atoms with Gasteiger partial charge in [-0.05, 0) is 59.9 Å². The first-order chi connectivity index (χ1) is 19.1. The molecule has 7 nitrogen and oxygen atoms in total. The summed E-state index contributed by atoms with van der Waals surface area (Å²) in [6, 6.07) is 19.8. The Morgan fingerprint density at radius 3 is 1.73 bits per heavy atom. The molecule has 204 valence electrons. The molecule has 3 aliphatic carbocycles. The van der Waals surface area contributed by atoms with Crippen molar-refractivity contribution in [3.8, 4) is 0 Å². The normalized spacial score (nSPS) is 26.6. The molecule has 40 heavy (non-hydrogen) atoms. The summed E-state index contributed by atoms with van der Waals surface area (Å²) in [6.45, 7) is 3.72. The molecule has 7 rings (SSSR count). The third kappa shape index (κ3) is 3.50. The van der Waals surface area contributed by atoms with Gasteiger partial charge >= 0.3 is 5.97 Å². The largest absolute Gasteiger partial charge is 0.462 e. The van der Waals surface area contributed by atoms with Crippen LogP contribution in [0.3, 0.4) is 0 Å². The summed E-state index contributed by atoms with van der Waals surface area (Å²) in [5, 5.41) is 2.74. The second kappa shape index (κ2) is 9.46. The Balaban J connectivity index is 1.31. The monoisotopic (exact) mass is 576 g/mol. The maximum Gasteiger partial charge on any atom is 0.338 e. The van der Waals surface area contributed by atoms with Gasteiger partial charge in [0.2, 0.25) is 17.7 Å². The average molecular weight is 577 g/mol. The quantitative estimate of drug-likeness (QED) is 0.248. The first-order valence-corrected chi connectivity index (χ1v) is 13.9. The minimum absolute atomic E-state index is 0.318. The number of nitrogens with one attached hydrogen (secondary N) is 1. The van der Waals surface area contributed by atoms with E-state index in [1.807, 2.05) is 55.5 Å². The van der Waals surface area contributed by atoms with E-state index in [2.05, 4.69) is 5.32 Å². The number of ether oxygens (including phenoxy) is 1. The molecule has 3 amide bonds. The molecule has 1 aliphatic heterocycles. The highest BCUT2D eigenvalue weighted by molar-refractivity contribution is 6.36. The van der Waals surface area contributed by atoms with Gasteiger partial charge in [0, 0.05) is 5.69 Å². The van der Waals surface area contributed by atoms with Crippen LogP contribution in [-0.4, -0.2) is 41.2 Å². The van der Waals surface area contributed by atoms with Crippen LogP contribution in [0.25, 0.3) is 0 Å². The Hall–Kier alpha value is -3.68. The molecule has 0 aromatic heterocycles. The number of halogens is 2. The van der Waals surface area contributed by atoms with Crippen molar-refractivity contribution >= 4 is 52.6 Å². The molecule has 4 aliphatic rings. The van der Waals surface area contributed by atoms with Crippen molar-refractivity contribution in [1.29, 1.82) is 0 Å². The van der Waals surface area contributed by atoms with E-state index in [1.54, 1.807) is 24.3 Å². The molecule has 3 atom stereocenters. The van der Waals surface area contributed by atoms with Gasteiger partial charge in [0.15, 0.2) is 0 Å². The van der Waals surface area contributed by atoms with Crippen molar-refractivity contribution in [3.63, 3.8) is 0 Å². The van der Waals surface area contributed by atoms with Crippen molar-refractivity contribution in [2.24, 2.45) is 11.8 Å². The summed E-state index contributed by atoms with van der Waals surface area (Å²) in [6.07, 6.45) is 0.710. The Kier molecular flexibility index (Phi) is 6.28. The van der Waals surface area contributed by atoms with Crippen LogP contribution >= 0.6 is 23.2 Å². The summed E-state index contributed by atoms with van der Waals surface area (Å²) in [5.41, 5.74) is 3.55.